The van der Waals surface area contributed by atoms with Crippen LogP contribution in [0.25, 0.3) is 6.08 Å². The van der Waals surface area contributed by atoms with Crippen molar-refractivity contribution in [3.8, 4) is 0 Å². The minimum atomic E-state index is -1.23. The first-order valence-corrected chi connectivity index (χ1v) is 9.44. The average molecular weight is 480 g/mol. The molecular formula is C19H18BrN3O7. The average Bonchev–Trinajstić information content (AvgIpc) is 3.11. The van der Waals surface area contributed by atoms with Crippen LogP contribution in [0.5, 0.6) is 0 Å². The molecule has 11 heteroatoms. The Morgan fingerprint density at radius 1 is 1.17 bits per heavy atom. The molecule has 2 rings (SSSR count). The molecule has 0 bridgehead atoms. The van der Waals surface area contributed by atoms with Crippen molar-refractivity contribution in [2.24, 2.45) is 5.92 Å². The van der Waals surface area contributed by atoms with E-state index in [0.29, 0.717) is 10.2 Å². The van der Waals surface area contributed by atoms with Crippen molar-refractivity contribution in [1.29, 1.82) is 0 Å². The van der Waals surface area contributed by atoms with E-state index in [4.69, 9.17) is 4.42 Å². The number of carbonyl (C=O) groups is 3. The number of carboxylic acids is 1. The Morgan fingerprint density at radius 2 is 1.80 bits per heavy atom. The van der Waals surface area contributed by atoms with E-state index in [1.54, 1.807) is 13.8 Å². The van der Waals surface area contributed by atoms with Crippen LogP contribution < -0.4 is 10.6 Å². The molecule has 0 aliphatic rings. The SMILES string of the molecule is CC(C)[C@H](NC(=O)/C(=C\c1ccc([N+](=O)[O-])cc1)NC(=O)c1ccc(Br)o1)C(=O)O. The Hall–Kier alpha value is -3.47. The molecule has 0 aliphatic heterocycles. The molecule has 3 N–H and O–H groups in total. The summed E-state index contributed by atoms with van der Waals surface area (Å²) in [5.74, 6) is -3.30. The summed E-state index contributed by atoms with van der Waals surface area (Å²) in [6.07, 6.45) is 1.27. The third-order valence-electron chi connectivity index (χ3n) is 3.92. The van der Waals surface area contributed by atoms with Crippen molar-refractivity contribution in [2.75, 3.05) is 0 Å². The first-order valence-electron chi connectivity index (χ1n) is 8.65. The number of rotatable bonds is 8. The van der Waals surface area contributed by atoms with Gasteiger partial charge in [0.2, 0.25) is 0 Å². The third kappa shape index (κ3) is 6.01. The summed E-state index contributed by atoms with van der Waals surface area (Å²) in [4.78, 5) is 46.7. The van der Waals surface area contributed by atoms with Gasteiger partial charge in [-0.3, -0.25) is 19.7 Å². The Kier molecular flexibility index (Phi) is 7.48. The van der Waals surface area contributed by atoms with Crippen LogP contribution in [0.15, 0.2) is 51.2 Å². The molecule has 0 aliphatic carbocycles. The second kappa shape index (κ2) is 9.83. The number of carboxylic acid groups (broad SMARTS) is 1. The highest BCUT2D eigenvalue weighted by Crippen LogP contribution is 2.16. The Balaban J connectivity index is 2.35. The van der Waals surface area contributed by atoms with Crippen LogP contribution in [0.2, 0.25) is 0 Å². The quantitative estimate of drug-likeness (QED) is 0.298. The van der Waals surface area contributed by atoms with Gasteiger partial charge in [0.15, 0.2) is 10.4 Å². The molecule has 30 heavy (non-hydrogen) atoms. The fourth-order valence-corrected chi connectivity index (χ4v) is 2.68. The molecule has 158 valence electrons. The van der Waals surface area contributed by atoms with Crippen LogP contribution in [0.1, 0.15) is 30.0 Å². The zero-order valence-corrected chi connectivity index (χ0v) is 17.5. The monoisotopic (exact) mass is 479 g/mol. The van der Waals surface area contributed by atoms with E-state index in [9.17, 15) is 29.6 Å². The summed E-state index contributed by atoms with van der Waals surface area (Å²) in [7, 11) is 0. The molecule has 1 heterocycles. The lowest BCUT2D eigenvalue weighted by atomic mass is 10.0. The summed E-state index contributed by atoms with van der Waals surface area (Å²) >= 11 is 3.07. The Morgan fingerprint density at radius 3 is 2.27 bits per heavy atom. The number of nitrogens with zero attached hydrogens (tertiary/aromatic N) is 1. The van der Waals surface area contributed by atoms with Gasteiger partial charge in [-0.05, 0) is 57.8 Å². The van der Waals surface area contributed by atoms with Gasteiger partial charge in [0.25, 0.3) is 17.5 Å². The van der Waals surface area contributed by atoms with Crippen LogP contribution in [0, 0.1) is 16.0 Å². The minimum Gasteiger partial charge on any atom is -0.480 e. The Labute approximate surface area is 179 Å². The summed E-state index contributed by atoms with van der Waals surface area (Å²) in [6.45, 7) is 3.25. The number of furan rings is 1. The second-order valence-corrected chi connectivity index (χ2v) is 7.28. The predicted molar refractivity (Wildman–Crippen MR) is 109 cm³/mol. The molecule has 2 amide bonds. The van der Waals surface area contributed by atoms with E-state index >= 15 is 0 Å². The van der Waals surface area contributed by atoms with Gasteiger partial charge in [-0.1, -0.05) is 13.8 Å². The summed E-state index contributed by atoms with van der Waals surface area (Å²) < 4.78 is 5.46. The number of carbonyl (C=O) groups excluding carboxylic acids is 2. The van der Waals surface area contributed by atoms with E-state index in [1.165, 1.54) is 42.5 Å². The summed E-state index contributed by atoms with van der Waals surface area (Å²) in [5, 5.41) is 24.8. The zero-order chi connectivity index (χ0) is 22.4. The second-order valence-electron chi connectivity index (χ2n) is 6.50. The van der Waals surface area contributed by atoms with Crippen molar-refractivity contribution in [3.05, 3.63) is 68.2 Å². The number of amides is 2. The van der Waals surface area contributed by atoms with Gasteiger partial charge in [-0.25, -0.2) is 4.79 Å². The van der Waals surface area contributed by atoms with Crippen molar-refractivity contribution in [3.63, 3.8) is 0 Å². The summed E-state index contributed by atoms with van der Waals surface area (Å²) in [6, 6.07) is 6.94. The molecule has 0 saturated heterocycles. The molecule has 2 aromatic rings. The normalized spacial score (nSPS) is 12.3. The number of halogens is 1. The van der Waals surface area contributed by atoms with Gasteiger partial charge in [0, 0.05) is 12.1 Å². The van der Waals surface area contributed by atoms with Crippen LogP contribution in [-0.4, -0.2) is 33.9 Å². The highest BCUT2D eigenvalue weighted by molar-refractivity contribution is 9.10. The fourth-order valence-electron chi connectivity index (χ4n) is 2.37. The van der Waals surface area contributed by atoms with E-state index in [0.717, 1.165) is 0 Å². The minimum absolute atomic E-state index is 0.0806. The first-order chi connectivity index (χ1) is 14.1. The largest absolute Gasteiger partial charge is 0.480 e. The van der Waals surface area contributed by atoms with Crippen molar-refractivity contribution in [1.82, 2.24) is 10.6 Å². The lowest BCUT2D eigenvalue weighted by Gasteiger charge is -2.19. The highest BCUT2D eigenvalue weighted by Gasteiger charge is 2.26. The van der Waals surface area contributed by atoms with Crippen molar-refractivity contribution < 1.29 is 28.8 Å². The molecule has 10 nitrogen and oxygen atoms in total. The lowest BCUT2D eigenvalue weighted by molar-refractivity contribution is -0.384. The number of nitro benzene ring substituents is 1. The van der Waals surface area contributed by atoms with Gasteiger partial charge in [-0.2, -0.15) is 0 Å². The van der Waals surface area contributed by atoms with Crippen LogP contribution >= 0.6 is 15.9 Å². The molecule has 0 spiro atoms. The zero-order valence-electron chi connectivity index (χ0n) is 15.9. The van der Waals surface area contributed by atoms with E-state index in [-0.39, 0.29) is 17.1 Å². The number of aliphatic carboxylic acids is 1. The maximum Gasteiger partial charge on any atom is 0.326 e. The fraction of sp³-hybridized carbons (Fsp3) is 0.211. The van der Waals surface area contributed by atoms with E-state index in [1.807, 2.05) is 0 Å². The van der Waals surface area contributed by atoms with Crippen molar-refractivity contribution in [2.45, 2.75) is 19.9 Å². The maximum atomic E-state index is 12.7. The molecule has 1 aromatic heterocycles. The first kappa shape index (κ1) is 22.8. The molecule has 1 atom stereocenters. The predicted octanol–water partition coefficient (Wildman–Crippen LogP) is 2.95. The number of nitro groups is 1. The van der Waals surface area contributed by atoms with Crippen LogP contribution in [0.4, 0.5) is 5.69 Å². The van der Waals surface area contributed by atoms with E-state index in [2.05, 4.69) is 26.6 Å². The molecular weight excluding hydrogens is 462 g/mol. The molecule has 0 unspecified atom stereocenters. The summed E-state index contributed by atoms with van der Waals surface area (Å²) in [5.41, 5.74) is -0.0234. The van der Waals surface area contributed by atoms with Crippen molar-refractivity contribution >= 4 is 45.5 Å². The molecule has 0 saturated carbocycles. The third-order valence-corrected chi connectivity index (χ3v) is 4.35. The topological polar surface area (TPSA) is 152 Å². The maximum absolute atomic E-state index is 12.7. The number of hydrogen-bond donors (Lipinski definition) is 3. The van der Waals surface area contributed by atoms with Gasteiger partial charge >= 0.3 is 5.97 Å². The molecule has 1 aromatic carbocycles. The van der Waals surface area contributed by atoms with Crippen LogP contribution in [0.3, 0.4) is 0 Å². The standard InChI is InChI=1S/C19H18BrN3O7/c1-10(2)16(19(26)27)22-17(24)13(21-18(25)14-7-8-15(20)30-14)9-11-3-5-12(6-4-11)23(28)29/h3-10,16H,1-2H3,(H,21,25)(H,22,24)(H,26,27)/b13-9+/t16-/m0/s1. The number of benzene rings is 1. The molecule has 0 radical (unpaired) electrons. The number of hydrogen-bond acceptors (Lipinski definition) is 6. The lowest BCUT2D eigenvalue weighted by Crippen LogP contribution is -2.47. The van der Waals surface area contributed by atoms with Gasteiger partial charge < -0.3 is 20.2 Å². The molecule has 0 fully saturated rings. The van der Waals surface area contributed by atoms with Gasteiger partial charge in [0.05, 0.1) is 4.92 Å². The Bertz CT molecular complexity index is 996. The number of nitrogens with one attached hydrogen (secondary N) is 2. The highest BCUT2D eigenvalue weighted by atomic mass is 79.9. The van der Waals surface area contributed by atoms with Gasteiger partial charge in [0.1, 0.15) is 11.7 Å². The van der Waals surface area contributed by atoms with Gasteiger partial charge in [-0.15, -0.1) is 0 Å². The van der Waals surface area contributed by atoms with Crippen LogP contribution in [-0.2, 0) is 9.59 Å². The van der Waals surface area contributed by atoms with E-state index < -0.39 is 34.7 Å². The smallest absolute Gasteiger partial charge is 0.326 e. The number of non-ortho nitro benzene ring substituents is 1.